The summed E-state index contributed by atoms with van der Waals surface area (Å²) in [5.41, 5.74) is 7.48. The third-order valence-corrected chi connectivity index (χ3v) is 3.46. The van der Waals surface area contributed by atoms with Gasteiger partial charge in [0.25, 0.3) is 5.91 Å². The number of rotatable bonds is 2. The van der Waals surface area contributed by atoms with Gasteiger partial charge in [-0.15, -0.1) is 0 Å². The Bertz CT molecular complexity index is 653. The SMILES string of the molecule is NC(=O)[C@@H]1Cc2ccccc2CN1C(=O)c1ncn[nH]1. The van der Waals surface area contributed by atoms with E-state index in [2.05, 4.69) is 15.2 Å². The molecule has 0 aliphatic carbocycles. The van der Waals surface area contributed by atoms with Gasteiger partial charge in [-0.25, -0.2) is 4.98 Å². The normalized spacial score (nSPS) is 17.6. The molecule has 3 N–H and O–H groups in total. The van der Waals surface area contributed by atoms with Crippen LogP contribution in [-0.4, -0.2) is 37.9 Å². The number of nitrogens with zero attached hydrogens (tertiary/aromatic N) is 3. The number of hydrogen-bond acceptors (Lipinski definition) is 4. The lowest BCUT2D eigenvalue weighted by Gasteiger charge is -2.34. The Hall–Kier alpha value is -2.70. The van der Waals surface area contributed by atoms with Crippen LogP contribution in [0.4, 0.5) is 0 Å². The van der Waals surface area contributed by atoms with Crippen LogP contribution < -0.4 is 5.73 Å². The van der Waals surface area contributed by atoms with E-state index in [1.807, 2.05) is 24.3 Å². The molecule has 7 heteroatoms. The van der Waals surface area contributed by atoms with Crippen LogP contribution in [0.15, 0.2) is 30.6 Å². The number of H-pyrrole nitrogens is 1. The number of fused-ring (bicyclic) bond motifs is 1. The molecule has 2 amide bonds. The Balaban J connectivity index is 1.96. The Morgan fingerprint density at radius 1 is 1.30 bits per heavy atom. The fraction of sp³-hybridized carbons (Fsp3) is 0.231. The van der Waals surface area contributed by atoms with Gasteiger partial charge in [0.15, 0.2) is 0 Å². The van der Waals surface area contributed by atoms with E-state index < -0.39 is 11.9 Å². The van der Waals surface area contributed by atoms with Gasteiger partial charge in [-0.3, -0.25) is 14.7 Å². The fourth-order valence-corrected chi connectivity index (χ4v) is 2.44. The number of nitrogens with two attached hydrogens (primary N) is 1. The van der Waals surface area contributed by atoms with Crippen molar-refractivity contribution in [3.05, 3.63) is 47.5 Å². The van der Waals surface area contributed by atoms with Crippen LogP contribution >= 0.6 is 0 Å². The first-order valence-corrected chi connectivity index (χ1v) is 6.19. The van der Waals surface area contributed by atoms with E-state index in [-0.39, 0.29) is 11.7 Å². The van der Waals surface area contributed by atoms with E-state index in [0.29, 0.717) is 13.0 Å². The maximum absolute atomic E-state index is 12.4. The number of carbonyl (C=O) groups is 2. The van der Waals surface area contributed by atoms with E-state index in [1.54, 1.807) is 0 Å². The zero-order valence-electron chi connectivity index (χ0n) is 10.6. The summed E-state index contributed by atoms with van der Waals surface area (Å²) >= 11 is 0. The zero-order valence-corrected chi connectivity index (χ0v) is 10.6. The van der Waals surface area contributed by atoms with Crippen LogP contribution in [0.3, 0.4) is 0 Å². The molecule has 1 aliphatic heterocycles. The minimum Gasteiger partial charge on any atom is -0.368 e. The van der Waals surface area contributed by atoms with Crippen molar-refractivity contribution < 1.29 is 9.59 Å². The molecule has 1 atom stereocenters. The first-order chi connectivity index (χ1) is 9.66. The van der Waals surface area contributed by atoms with Crippen molar-refractivity contribution >= 4 is 11.8 Å². The average Bonchev–Trinajstić information content (AvgIpc) is 2.99. The van der Waals surface area contributed by atoms with E-state index in [0.717, 1.165) is 11.1 Å². The molecule has 102 valence electrons. The van der Waals surface area contributed by atoms with Crippen molar-refractivity contribution in [2.75, 3.05) is 0 Å². The second-order valence-corrected chi connectivity index (χ2v) is 4.66. The Labute approximate surface area is 114 Å². The molecule has 7 nitrogen and oxygen atoms in total. The first-order valence-electron chi connectivity index (χ1n) is 6.19. The molecule has 0 bridgehead atoms. The van der Waals surface area contributed by atoms with Gasteiger partial charge in [0.2, 0.25) is 11.7 Å². The predicted molar refractivity (Wildman–Crippen MR) is 69.4 cm³/mol. The molecule has 0 saturated carbocycles. The van der Waals surface area contributed by atoms with Crippen molar-refractivity contribution in [3.8, 4) is 0 Å². The number of amides is 2. The molecule has 0 radical (unpaired) electrons. The van der Waals surface area contributed by atoms with Gasteiger partial charge < -0.3 is 10.6 Å². The van der Waals surface area contributed by atoms with Crippen molar-refractivity contribution in [2.45, 2.75) is 19.0 Å². The molecule has 0 unspecified atom stereocenters. The van der Waals surface area contributed by atoms with Gasteiger partial charge in [0, 0.05) is 13.0 Å². The van der Waals surface area contributed by atoms with E-state index in [4.69, 9.17) is 5.73 Å². The smallest absolute Gasteiger partial charge is 0.292 e. The largest absolute Gasteiger partial charge is 0.368 e. The van der Waals surface area contributed by atoms with Gasteiger partial charge in [-0.05, 0) is 11.1 Å². The fourth-order valence-electron chi connectivity index (χ4n) is 2.44. The van der Waals surface area contributed by atoms with Crippen LogP contribution in [0, 0.1) is 0 Å². The minimum atomic E-state index is -0.664. The lowest BCUT2D eigenvalue weighted by molar-refractivity contribution is -0.122. The molecule has 1 aromatic heterocycles. The third-order valence-electron chi connectivity index (χ3n) is 3.46. The van der Waals surface area contributed by atoms with Crippen molar-refractivity contribution in [2.24, 2.45) is 5.73 Å². The summed E-state index contributed by atoms with van der Waals surface area (Å²) in [5.74, 6) is -0.788. The highest BCUT2D eigenvalue weighted by molar-refractivity contribution is 5.94. The van der Waals surface area contributed by atoms with Crippen LogP contribution in [0.2, 0.25) is 0 Å². The highest BCUT2D eigenvalue weighted by Gasteiger charge is 2.34. The third kappa shape index (κ3) is 2.03. The molecule has 2 heterocycles. The lowest BCUT2D eigenvalue weighted by atomic mass is 9.93. The summed E-state index contributed by atoms with van der Waals surface area (Å²) < 4.78 is 0. The summed E-state index contributed by atoms with van der Waals surface area (Å²) in [7, 11) is 0. The number of aromatic amines is 1. The van der Waals surface area contributed by atoms with Crippen molar-refractivity contribution in [1.82, 2.24) is 20.1 Å². The number of hydrogen-bond donors (Lipinski definition) is 2. The molecular formula is C13H13N5O2. The monoisotopic (exact) mass is 271 g/mol. The quantitative estimate of drug-likeness (QED) is 0.792. The summed E-state index contributed by atoms with van der Waals surface area (Å²) in [5, 5.41) is 6.17. The second kappa shape index (κ2) is 4.76. The molecule has 0 fully saturated rings. The van der Waals surface area contributed by atoms with Crippen LogP contribution in [-0.2, 0) is 17.8 Å². The second-order valence-electron chi connectivity index (χ2n) is 4.66. The number of carbonyl (C=O) groups excluding carboxylic acids is 2. The van der Waals surface area contributed by atoms with Crippen LogP contribution in [0.1, 0.15) is 21.7 Å². The summed E-state index contributed by atoms with van der Waals surface area (Å²) in [6.45, 7) is 0.337. The van der Waals surface area contributed by atoms with Crippen molar-refractivity contribution in [1.29, 1.82) is 0 Å². The van der Waals surface area contributed by atoms with Crippen molar-refractivity contribution in [3.63, 3.8) is 0 Å². The molecule has 1 aromatic carbocycles. The number of aromatic nitrogens is 3. The molecule has 0 saturated heterocycles. The van der Waals surface area contributed by atoms with E-state index >= 15 is 0 Å². The van der Waals surface area contributed by atoms with E-state index in [1.165, 1.54) is 11.2 Å². The number of benzene rings is 1. The Morgan fingerprint density at radius 2 is 2.05 bits per heavy atom. The molecular weight excluding hydrogens is 258 g/mol. The molecule has 0 spiro atoms. The lowest BCUT2D eigenvalue weighted by Crippen LogP contribution is -2.51. The standard InChI is InChI=1S/C13H13N5O2/c14-11(19)10-5-8-3-1-2-4-9(8)6-18(10)13(20)12-15-7-16-17-12/h1-4,7,10H,5-6H2,(H2,14,19)(H,15,16,17)/t10-/m0/s1. The van der Waals surface area contributed by atoms with Crippen LogP contribution in [0.5, 0.6) is 0 Å². The first kappa shape index (κ1) is 12.3. The molecule has 3 rings (SSSR count). The molecule has 1 aliphatic rings. The van der Waals surface area contributed by atoms with Gasteiger partial charge in [0.1, 0.15) is 12.4 Å². The Morgan fingerprint density at radius 3 is 2.70 bits per heavy atom. The highest BCUT2D eigenvalue weighted by Crippen LogP contribution is 2.24. The topological polar surface area (TPSA) is 105 Å². The van der Waals surface area contributed by atoms with Gasteiger partial charge in [-0.1, -0.05) is 24.3 Å². The minimum absolute atomic E-state index is 0.107. The van der Waals surface area contributed by atoms with E-state index in [9.17, 15) is 9.59 Å². The van der Waals surface area contributed by atoms with Gasteiger partial charge in [0.05, 0.1) is 0 Å². The molecule has 2 aromatic rings. The zero-order chi connectivity index (χ0) is 14.1. The maximum atomic E-state index is 12.4. The number of nitrogens with one attached hydrogen (secondary N) is 1. The van der Waals surface area contributed by atoms with Gasteiger partial charge in [-0.2, -0.15) is 5.10 Å². The molecule has 20 heavy (non-hydrogen) atoms. The maximum Gasteiger partial charge on any atom is 0.292 e. The number of primary amides is 1. The summed E-state index contributed by atoms with van der Waals surface area (Å²) in [4.78, 5) is 29.3. The summed E-state index contributed by atoms with van der Waals surface area (Å²) in [6.07, 6.45) is 1.68. The summed E-state index contributed by atoms with van der Waals surface area (Å²) in [6, 6.07) is 7.03. The van der Waals surface area contributed by atoms with Gasteiger partial charge >= 0.3 is 0 Å². The predicted octanol–water partition coefficient (Wildman–Crippen LogP) is -0.143. The Kier molecular flexibility index (Phi) is 2.94. The highest BCUT2D eigenvalue weighted by atomic mass is 16.2. The van der Waals surface area contributed by atoms with Crippen LogP contribution in [0.25, 0.3) is 0 Å². The average molecular weight is 271 g/mol.